The Labute approximate surface area is 172 Å². The number of nitrogens with zero attached hydrogens (tertiary/aromatic N) is 4. The molecule has 0 N–H and O–H groups in total. The minimum absolute atomic E-state index is 0.235. The van der Waals surface area contributed by atoms with Gasteiger partial charge in [-0.05, 0) is 31.5 Å². The van der Waals surface area contributed by atoms with Gasteiger partial charge in [0, 0.05) is 5.69 Å². The van der Waals surface area contributed by atoms with Crippen molar-refractivity contribution in [2.24, 2.45) is 0 Å². The molecule has 154 valence electrons. The van der Waals surface area contributed by atoms with E-state index < -0.39 is 13.0 Å². The molecule has 0 atom stereocenters. The van der Waals surface area contributed by atoms with Crippen molar-refractivity contribution in [1.82, 2.24) is 19.9 Å². The highest BCUT2D eigenvalue weighted by molar-refractivity contribution is 5.67. The number of halogens is 2. The normalized spacial score (nSPS) is 11.2. The molecule has 0 amide bonds. The second-order valence-corrected chi connectivity index (χ2v) is 6.81. The van der Waals surface area contributed by atoms with Crippen LogP contribution in [0.3, 0.4) is 0 Å². The average Bonchev–Trinajstić information content (AvgIpc) is 3.31. The molecule has 0 saturated heterocycles. The summed E-state index contributed by atoms with van der Waals surface area (Å²) in [5, 5.41) is 8.25. The lowest BCUT2D eigenvalue weighted by Crippen LogP contribution is -2.09. The minimum atomic E-state index is -2.50. The number of ether oxygens (including phenoxy) is 1. The van der Waals surface area contributed by atoms with E-state index in [1.54, 1.807) is 13.8 Å². The van der Waals surface area contributed by atoms with Gasteiger partial charge in [-0.25, -0.2) is 8.78 Å². The van der Waals surface area contributed by atoms with Crippen LogP contribution in [0.25, 0.3) is 22.8 Å². The number of para-hydroxylation sites is 1. The van der Waals surface area contributed by atoms with Crippen molar-refractivity contribution in [3.05, 3.63) is 71.5 Å². The molecule has 2 aromatic heterocycles. The molecule has 0 aliphatic heterocycles. The van der Waals surface area contributed by atoms with Gasteiger partial charge < -0.3 is 9.26 Å². The zero-order valence-corrected chi connectivity index (χ0v) is 16.5. The number of aromatic nitrogens is 4. The monoisotopic (exact) mass is 410 g/mol. The number of alkyl halides is 2. The van der Waals surface area contributed by atoms with E-state index in [-0.39, 0.29) is 5.89 Å². The zero-order valence-electron chi connectivity index (χ0n) is 16.5. The molecule has 4 rings (SSSR count). The number of rotatable bonds is 7. The SMILES string of the molecule is Cc1nn(CC(F)F)c(C)c1-c1nc(-c2ccccc2OCc2ccccc2)no1. The van der Waals surface area contributed by atoms with Crippen LogP contribution < -0.4 is 4.74 Å². The van der Waals surface area contributed by atoms with Crippen LogP contribution >= 0.6 is 0 Å². The van der Waals surface area contributed by atoms with Crippen molar-refractivity contribution in [2.45, 2.75) is 33.4 Å². The summed E-state index contributed by atoms with van der Waals surface area (Å²) in [6.07, 6.45) is -2.50. The second kappa shape index (κ2) is 8.44. The molecule has 8 heteroatoms. The molecule has 4 aromatic rings. The number of hydrogen-bond acceptors (Lipinski definition) is 5. The molecular formula is C22H20F2N4O2. The molecular weight excluding hydrogens is 390 g/mol. The van der Waals surface area contributed by atoms with Crippen LogP contribution in [-0.2, 0) is 13.2 Å². The summed E-state index contributed by atoms with van der Waals surface area (Å²) in [5.74, 6) is 1.21. The molecule has 6 nitrogen and oxygen atoms in total. The third-order valence-corrected chi connectivity index (χ3v) is 4.70. The Hall–Kier alpha value is -3.55. The minimum Gasteiger partial charge on any atom is -0.488 e. The first-order valence-electron chi connectivity index (χ1n) is 9.45. The topological polar surface area (TPSA) is 66.0 Å². The largest absolute Gasteiger partial charge is 0.488 e. The standard InChI is InChI=1S/C22H20F2N4O2/c1-14-20(15(2)28(26-14)12-19(23)24)22-25-21(27-30-22)17-10-6-7-11-18(17)29-13-16-8-4-3-5-9-16/h3-11,19H,12-13H2,1-2H3. The molecule has 0 saturated carbocycles. The first-order chi connectivity index (χ1) is 14.5. The fraction of sp³-hybridized carbons (Fsp3) is 0.227. The van der Waals surface area contributed by atoms with Crippen LogP contribution in [-0.4, -0.2) is 26.3 Å². The van der Waals surface area contributed by atoms with Crippen molar-refractivity contribution < 1.29 is 18.0 Å². The summed E-state index contributed by atoms with van der Waals surface area (Å²) in [6, 6.07) is 17.2. The van der Waals surface area contributed by atoms with Crippen molar-refractivity contribution in [1.29, 1.82) is 0 Å². The van der Waals surface area contributed by atoms with E-state index in [4.69, 9.17) is 9.26 Å². The van der Waals surface area contributed by atoms with Crippen molar-refractivity contribution in [3.8, 4) is 28.6 Å². The fourth-order valence-electron chi connectivity index (χ4n) is 3.26. The maximum Gasteiger partial charge on any atom is 0.261 e. The van der Waals surface area contributed by atoms with Gasteiger partial charge in [0.2, 0.25) is 5.82 Å². The number of benzene rings is 2. The van der Waals surface area contributed by atoms with E-state index in [1.807, 2.05) is 54.6 Å². The van der Waals surface area contributed by atoms with Crippen molar-refractivity contribution in [3.63, 3.8) is 0 Å². The molecule has 0 radical (unpaired) electrons. The summed E-state index contributed by atoms with van der Waals surface area (Å²) < 4.78 is 38.2. The Kier molecular flexibility index (Phi) is 5.56. The van der Waals surface area contributed by atoms with Gasteiger partial charge in [-0.1, -0.05) is 47.6 Å². The van der Waals surface area contributed by atoms with Crippen LogP contribution in [0.1, 0.15) is 17.0 Å². The predicted molar refractivity (Wildman–Crippen MR) is 107 cm³/mol. The number of aryl methyl sites for hydroxylation is 1. The first-order valence-corrected chi connectivity index (χ1v) is 9.45. The van der Waals surface area contributed by atoms with Crippen LogP contribution in [0.4, 0.5) is 8.78 Å². The maximum atomic E-state index is 12.8. The second-order valence-electron chi connectivity index (χ2n) is 6.81. The Bertz CT molecular complexity index is 1140. The maximum absolute atomic E-state index is 12.8. The van der Waals surface area contributed by atoms with Gasteiger partial charge in [-0.15, -0.1) is 0 Å². The summed E-state index contributed by atoms with van der Waals surface area (Å²) >= 11 is 0. The van der Waals surface area contributed by atoms with Crippen molar-refractivity contribution >= 4 is 0 Å². The molecule has 2 aromatic carbocycles. The van der Waals surface area contributed by atoms with Gasteiger partial charge in [0.15, 0.2) is 0 Å². The molecule has 30 heavy (non-hydrogen) atoms. The van der Waals surface area contributed by atoms with E-state index in [1.165, 1.54) is 4.68 Å². The highest BCUT2D eigenvalue weighted by Crippen LogP contribution is 2.32. The van der Waals surface area contributed by atoms with E-state index in [9.17, 15) is 8.78 Å². The lowest BCUT2D eigenvalue weighted by Gasteiger charge is -2.09. The highest BCUT2D eigenvalue weighted by atomic mass is 19.3. The molecule has 0 unspecified atom stereocenters. The molecule has 2 heterocycles. The number of hydrogen-bond donors (Lipinski definition) is 0. The van der Waals surface area contributed by atoms with E-state index in [0.717, 1.165) is 5.56 Å². The third kappa shape index (κ3) is 4.07. The van der Waals surface area contributed by atoms with Crippen LogP contribution in [0.15, 0.2) is 59.1 Å². The first kappa shape index (κ1) is 19.8. The summed E-state index contributed by atoms with van der Waals surface area (Å²) in [4.78, 5) is 4.48. The van der Waals surface area contributed by atoms with Gasteiger partial charge in [-0.2, -0.15) is 10.1 Å². The summed E-state index contributed by atoms with van der Waals surface area (Å²) in [6.45, 7) is 3.36. The fourth-order valence-corrected chi connectivity index (χ4v) is 3.26. The third-order valence-electron chi connectivity index (χ3n) is 4.70. The van der Waals surface area contributed by atoms with E-state index in [0.29, 0.717) is 40.7 Å². The molecule has 0 spiro atoms. The summed E-state index contributed by atoms with van der Waals surface area (Å²) in [5.41, 5.74) is 3.39. The predicted octanol–water partition coefficient (Wildman–Crippen LogP) is 5.06. The zero-order chi connectivity index (χ0) is 21.1. The van der Waals surface area contributed by atoms with Gasteiger partial charge in [-0.3, -0.25) is 4.68 Å². The summed E-state index contributed by atoms with van der Waals surface area (Å²) in [7, 11) is 0. The molecule has 0 bridgehead atoms. The molecule has 0 aliphatic rings. The van der Waals surface area contributed by atoms with E-state index >= 15 is 0 Å². The van der Waals surface area contributed by atoms with E-state index in [2.05, 4.69) is 15.2 Å². The lowest BCUT2D eigenvalue weighted by atomic mass is 10.1. The lowest BCUT2D eigenvalue weighted by molar-refractivity contribution is 0.121. The quantitative estimate of drug-likeness (QED) is 0.426. The Morgan fingerprint density at radius 2 is 1.77 bits per heavy atom. The molecule has 0 aliphatic carbocycles. The average molecular weight is 410 g/mol. The van der Waals surface area contributed by atoms with Crippen molar-refractivity contribution in [2.75, 3.05) is 0 Å². The Morgan fingerprint density at radius 1 is 1.03 bits per heavy atom. The Balaban J connectivity index is 1.62. The van der Waals surface area contributed by atoms with Gasteiger partial charge in [0.05, 0.1) is 16.8 Å². The van der Waals surface area contributed by atoms with Crippen LogP contribution in [0.2, 0.25) is 0 Å². The van der Waals surface area contributed by atoms with Gasteiger partial charge in [0.1, 0.15) is 18.9 Å². The van der Waals surface area contributed by atoms with Crippen LogP contribution in [0.5, 0.6) is 5.75 Å². The van der Waals surface area contributed by atoms with Gasteiger partial charge >= 0.3 is 0 Å². The highest BCUT2D eigenvalue weighted by Gasteiger charge is 2.22. The van der Waals surface area contributed by atoms with Crippen LogP contribution in [0, 0.1) is 13.8 Å². The molecule has 0 fully saturated rings. The van der Waals surface area contributed by atoms with Gasteiger partial charge in [0.25, 0.3) is 12.3 Å². The smallest absolute Gasteiger partial charge is 0.261 e. The Morgan fingerprint density at radius 3 is 2.53 bits per heavy atom.